The molecule has 118 valence electrons. The maximum absolute atomic E-state index is 6.27. The largest absolute Gasteiger partial charge is 0.381 e. The summed E-state index contributed by atoms with van der Waals surface area (Å²) in [6, 6.07) is 2.59. The molecule has 21 heavy (non-hydrogen) atoms. The van der Waals surface area contributed by atoms with Gasteiger partial charge in [-0.25, -0.2) is 4.98 Å². The second-order valence-corrected chi connectivity index (χ2v) is 7.10. The summed E-state index contributed by atoms with van der Waals surface area (Å²) in [6.45, 7) is 8.87. The van der Waals surface area contributed by atoms with E-state index < -0.39 is 0 Å². The Morgan fingerprint density at radius 2 is 2.05 bits per heavy atom. The third kappa shape index (κ3) is 4.83. The molecule has 0 amide bonds. The zero-order valence-electron chi connectivity index (χ0n) is 13.4. The predicted molar refractivity (Wildman–Crippen MR) is 88.1 cm³/mol. The van der Waals surface area contributed by atoms with Crippen molar-refractivity contribution in [2.24, 2.45) is 0 Å². The molecule has 2 rings (SSSR count). The lowest BCUT2D eigenvalue weighted by Gasteiger charge is -2.32. The lowest BCUT2D eigenvalue weighted by molar-refractivity contribution is 0.0853. The molecule has 0 bridgehead atoms. The Kier molecular flexibility index (Phi) is 5.47. The summed E-state index contributed by atoms with van der Waals surface area (Å²) in [7, 11) is 2.10. The van der Waals surface area contributed by atoms with E-state index in [4.69, 9.17) is 16.3 Å². The van der Waals surface area contributed by atoms with Crippen LogP contribution in [0.3, 0.4) is 0 Å². The summed E-state index contributed by atoms with van der Waals surface area (Å²) in [5.41, 5.74) is 1.16. The first kappa shape index (κ1) is 16.5. The van der Waals surface area contributed by atoms with Crippen LogP contribution in [0.1, 0.15) is 39.2 Å². The number of nitrogens with one attached hydrogen (secondary N) is 1. The maximum Gasteiger partial charge on any atom is 0.128 e. The van der Waals surface area contributed by atoms with Crippen LogP contribution in [-0.4, -0.2) is 36.8 Å². The van der Waals surface area contributed by atoms with Gasteiger partial charge in [-0.2, -0.15) is 0 Å². The Bertz CT molecular complexity index is 467. The number of ether oxygens (including phenoxy) is 1. The molecule has 0 spiro atoms. The normalized spacial score (nSPS) is 17.0. The molecule has 1 aromatic heterocycles. The topological polar surface area (TPSA) is 37.4 Å². The Balaban J connectivity index is 2.09. The molecule has 0 radical (unpaired) electrons. The summed E-state index contributed by atoms with van der Waals surface area (Å²) in [5, 5.41) is 4.19. The zero-order valence-corrected chi connectivity index (χ0v) is 14.2. The van der Waals surface area contributed by atoms with Crippen LogP contribution in [0, 0.1) is 0 Å². The molecule has 1 aromatic rings. The summed E-state index contributed by atoms with van der Waals surface area (Å²) in [4.78, 5) is 6.73. The Morgan fingerprint density at radius 1 is 1.38 bits per heavy atom. The minimum Gasteiger partial charge on any atom is -0.381 e. The predicted octanol–water partition coefficient (Wildman–Crippen LogP) is 3.24. The van der Waals surface area contributed by atoms with Crippen LogP contribution < -0.4 is 10.2 Å². The van der Waals surface area contributed by atoms with Gasteiger partial charge in [0.1, 0.15) is 5.82 Å². The fraction of sp³-hybridized carbons (Fsp3) is 0.688. The van der Waals surface area contributed by atoms with Crippen LogP contribution in [0.15, 0.2) is 12.3 Å². The lowest BCUT2D eigenvalue weighted by atomic mass is 10.1. The number of nitrogens with zero attached hydrogens (tertiary/aromatic N) is 2. The third-order valence-corrected chi connectivity index (χ3v) is 4.17. The average molecular weight is 312 g/mol. The van der Waals surface area contributed by atoms with Gasteiger partial charge in [-0.3, -0.25) is 0 Å². The molecule has 0 atom stereocenters. The van der Waals surface area contributed by atoms with Crippen LogP contribution >= 0.6 is 11.6 Å². The number of hydrogen-bond acceptors (Lipinski definition) is 4. The van der Waals surface area contributed by atoms with Crippen LogP contribution in [-0.2, 0) is 11.3 Å². The minimum atomic E-state index is 0.0688. The maximum atomic E-state index is 6.27. The van der Waals surface area contributed by atoms with E-state index in [1.807, 2.05) is 0 Å². The standard InChI is InChI=1S/C16H26ClN3O/c1-16(2,3)19-10-12-9-15(18-11-14(12)17)20(4)13-5-7-21-8-6-13/h9,11,13,19H,5-8,10H2,1-4H3. The first-order chi connectivity index (χ1) is 9.87. The number of anilines is 1. The van der Waals surface area contributed by atoms with Crippen molar-refractivity contribution < 1.29 is 4.74 Å². The molecular weight excluding hydrogens is 286 g/mol. The molecule has 2 heterocycles. The highest BCUT2D eigenvalue weighted by Crippen LogP contribution is 2.24. The number of aromatic nitrogens is 1. The van der Waals surface area contributed by atoms with Crippen LogP contribution in [0.25, 0.3) is 0 Å². The number of halogens is 1. The van der Waals surface area contributed by atoms with Crippen molar-refractivity contribution in [1.82, 2.24) is 10.3 Å². The van der Waals surface area contributed by atoms with Gasteiger partial charge in [-0.1, -0.05) is 11.6 Å². The molecule has 0 unspecified atom stereocenters. The molecular formula is C16H26ClN3O. The van der Waals surface area contributed by atoms with Crippen molar-refractivity contribution in [3.8, 4) is 0 Å². The van der Waals surface area contributed by atoms with E-state index in [2.05, 4.69) is 49.1 Å². The monoisotopic (exact) mass is 311 g/mol. The Morgan fingerprint density at radius 3 is 2.67 bits per heavy atom. The van der Waals surface area contributed by atoms with E-state index >= 15 is 0 Å². The van der Waals surface area contributed by atoms with Crippen LogP contribution in [0.5, 0.6) is 0 Å². The lowest BCUT2D eigenvalue weighted by Crippen LogP contribution is -2.37. The molecule has 0 saturated carbocycles. The van der Waals surface area contributed by atoms with Gasteiger partial charge in [0.05, 0.1) is 5.02 Å². The van der Waals surface area contributed by atoms with Gasteiger partial charge >= 0.3 is 0 Å². The Labute approximate surface area is 132 Å². The van der Waals surface area contributed by atoms with Crippen molar-refractivity contribution in [3.05, 3.63) is 22.8 Å². The number of rotatable bonds is 4. The highest BCUT2D eigenvalue weighted by molar-refractivity contribution is 6.31. The smallest absolute Gasteiger partial charge is 0.128 e. The van der Waals surface area contributed by atoms with Crippen molar-refractivity contribution >= 4 is 17.4 Å². The van der Waals surface area contributed by atoms with Crippen LogP contribution in [0.2, 0.25) is 5.02 Å². The van der Waals surface area contributed by atoms with Gasteiger partial charge in [0, 0.05) is 44.6 Å². The van der Waals surface area contributed by atoms with E-state index in [1.165, 1.54) is 0 Å². The van der Waals surface area contributed by atoms with E-state index in [0.717, 1.165) is 49.0 Å². The zero-order chi connectivity index (χ0) is 15.5. The molecule has 1 aliphatic rings. The number of hydrogen-bond donors (Lipinski definition) is 1. The summed E-state index contributed by atoms with van der Waals surface area (Å²) >= 11 is 6.27. The third-order valence-electron chi connectivity index (χ3n) is 3.83. The fourth-order valence-corrected chi connectivity index (χ4v) is 2.59. The van der Waals surface area contributed by atoms with Gasteiger partial charge in [0.25, 0.3) is 0 Å². The quantitative estimate of drug-likeness (QED) is 0.926. The summed E-state index contributed by atoms with van der Waals surface area (Å²) in [6.07, 6.45) is 3.86. The van der Waals surface area contributed by atoms with Gasteiger partial charge in [-0.05, 0) is 45.2 Å². The van der Waals surface area contributed by atoms with Crippen LogP contribution in [0.4, 0.5) is 5.82 Å². The van der Waals surface area contributed by atoms with E-state index in [-0.39, 0.29) is 5.54 Å². The molecule has 0 aliphatic carbocycles. The molecule has 1 aliphatic heterocycles. The van der Waals surface area contributed by atoms with Gasteiger partial charge in [0.15, 0.2) is 0 Å². The molecule has 0 aromatic carbocycles. The van der Waals surface area contributed by atoms with Gasteiger partial charge in [-0.15, -0.1) is 0 Å². The van der Waals surface area contributed by atoms with Gasteiger partial charge < -0.3 is 15.0 Å². The van der Waals surface area contributed by atoms with Crippen molar-refractivity contribution in [2.75, 3.05) is 25.2 Å². The molecule has 4 nitrogen and oxygen atoms in total. The molecule has 1 fully saturated rings. The van der Waals surface area contributed by atoms with Gasteiger partial charge in [0.2, 0.25) is 0 Å². The number of pyridine rings is 1. The van der Waals surface area contributed by atoms with E-state index in [9.17, 15) is 0 Å². The van der Waals surface area contributed by atoms with Crippen molar-refractivity contribution in [2.45, 2.75) is 51.7 Å². The molecule has 1 saturated heterocycles. The minimum absolute atomic E-state index is 0.0688. The van der Waals surface area contributed by atoms with E-state index in [0.29, 0.717) is 6.04 Å². The second-order valence-electron chi connectivity index (χ2n) is 6.69. The SMILES string of the molecule is CN(c1cc(CNC(C)(C)C)c(Cl)cn1)C1CCOCC1. The van der Waals surface area contributed by atoms with Crippen molar-refractivity contribution in [1.29, 1.82) is 0 Å². The summed E-state index contributed by atoms with van der Waals surface area (Å²) < 4.78 is 5.43. The molecule has 1 N–H and O–H groups in total. The summed E-state index contributed by atoms with van der Waals surface area (Å²) in [5.74, 6) is 0.983. The Hall–Kier alpha value is -0.840. The highest BCUT2D eigenvalue weighted by Gasteiger charge is 2.20. The van der Waals surface area contributed by atoms with Crippen molar-refractivity contribution in [3.63, 3.8) is 0 Å². The fourth-order valence-electron chi connectivity index (χ4n) is 2.42. The first-order valence-electron chi connectivity index (χ1n) is 7.57. The van der Waals surface area contributed by atoms with E-state index in [1.54, 1.807) is 6.20 Å². The average Bonchev–Trinajstić information content (AvgIpc) is 2.46. The highest BCUT2D eigenvalue weighted by atomic mass is 35.5. The molecule has 5 heteroatoms. The first-order valence-corrected chi connectivity index (χ1v) is 7.94. The second kappa shape index (κ2) is 6.95.